The maximum absolute atomic E-state index is 11.8. The zero-order valence-electron chi connectivity index (χ0n) is 13.2. The third kappa shape index (κ3) is 4.08. The molecule has 0 aromatic heterocycles. The fraction of sp³-hybridized carbons (Fsp3) is 0.375. The van der Waals surface area contributed by atoms with Crippen molar-refractivity contribution in [3.05, 3.63) is 39.4 Å². The first kappa shape index (κ1) is 17.4. The normalized spacial score (nSPS) is 14.8. The smallest absolute Gasteiger partial charge is 0.348 e. The molecule has 2 rings (SSSR count). The Bertz CT molecular complexity index is 702. The summed E-state index contributed by atoms with van der Waals surface area (Å²) in [7, 11) is 0. The minimum atomic E-state index is -0.751. The molecule has 1 aliphatic heterocycles. The van der Waals surface area contributed by atoms with Crippen molar-refractivity contribution in [1.82, 2.24) is 0 Å². The number of nitro benzene ring substituents is 1. The van der Waals surface area contributed by atoms with Gasteiger partial charge in [-0.3, -0.25) is 10.1 Å². The van der Waals surface area contributed by atoms with Gasteiger partial charge in [0.2, 0.25) is 0 Å². The van der Waals surface area contributed by atoms with Gasteiger partial charge in [0.05, 0.1) is 24.7 Å². The Morgan fingerprint density at radius 1 is 1.50 bits per heavy atom. The Labute approximate surface area is 139 Å². The highest BCUT2D eigenvalue weighted by atomic mass is 16.6. The van der Waals surface area contributed by atoms with E-state index in [-0.39, 0.29) is 17.9 Å². The van der Waals surface area contributed by atoms with E-state index in [1.54, 1.807) is 19.1 Å². The second kappa shape index (κ2) is 8.08. The van der Waals surface area contributed by atoms with Gasteiger partial charge in [-0.05, 0) is 19.1 Å². The molecule has 1 heterocycles. The lowest BCUT2D eigenvalue weighted by atomic mass is 10.1. The SMILES string of the molecule is CCOC(=O)/C(C#N)=C\c1cc([N+](=O)[O-])ccc1N1CCOCC1. The summed E-state index contributed by atoms with van der Waals surface area (Å²) in [4.78, 5) is 24.3. The first-order valence-corrected chi connectivity index (χ1v) is 7.47. The minimum absolute atomic E-state index is 0.112. The van der Waals surface area contributed by atoms with Crippen LogP contribution >= 0.6 is 0 Å². The number of rotatable bonds is 5. The maximum atomic E-state index is 11.8. The van der Waals surface area contributed by atoms with E-state index in [4.69, 9.17) is 9.47 Å². The number of ether oxygens (including phenoxy) is 2. The molecule has 1 aromatic carbocycles. The van der Waals surface area contributed by atoms with E-state index in [1.165, 1.54) is 18.2 Å². The first-order valence-electron chi connectivity index (χ1n) is 7.47. The number of morpholine rings is 1. The number of nitro groups is 1. The molecule has 0 unspecified atom stereocenters. The van der Waals surface area contributed by atoms with Gasteiger partial charge in [-0.1, -0.05) is 0 Å². The number of hydrogen-bond donors (Lipinski definition) is 0. The minimum Gasteiger partial charge on any atom is -0.462 e. The van der Waals surface area contributed by atoms with Crippen LogP contribution in [0.25, 0.3) is 6.08 Å². The topological polar surface area (TPSA) is 106 Å². The summed E-state index contributed by atoms with van der Waals surface area (Å²) in [6.45, 7) is 4.12. The molecule has 24 heavy (non-hydrogen) atoms. The number of anilines is 1. The summed E-state index contributed by atoms with van der Waals surface area (Å²) in [5.74, 6) is -0.751. The quantitative estimate of drug-likeness (QED) is 0.267. The molecular weight excluding hydrogens is 314 g/mol. The fourth-order valence-electron chi connectivity index (χ4n) is 2.36. The van der Waals surface area contributed by atoms with Gasteiger partial charge in [0.15, 0.2) is 0 Å². The Morgan fingerprint density at radius 2 is 2.21 bits per heavy atom. The average molecular weight is 331 g/mol. The summed E-state index contributed by atoms with van der Waals surface area (Å²) in [5.41, 5.74) is 0.822. The van der Waals surface area contributed by atoms with Crippen LogP contribution in [-0.2, 0) is 14.3 Å². The second-order valence-electron chi connectivity index (χ2n) is 4.99. The lowest BCUT2D eigenvalue weighted by Crippen LogP contribution is -2.36. The van der Waals surface area contributed by atoms with Crippen LogP contribution in [0.4, 0.5) is 11.4 Å². The van der Waals surface area contributed by atoms with Gasteiger partial charge in [-0.15, -0.1) is 0 Å². The van der Waals surface area contributed by atoms with Crippen LogP contribution in [0.1, 0.15) is 12.5 Å². The molecule has 0 atom stereocenters. The number of esters is 1. The van der Waals surface area contributed by atoms with Crippen LogP contribution in [0.5, 0.6) is 0 Å². The molecule has 0 N–H and O–H groups in total. The van der Waals surface area contributed by atoms with Crippen molar-refractivity contribution < 1.29 is 19.2 Å². The number of carbonyl (C=O) groups is 1. The molecule has 0 spiro atoms. The fourth-order valence-corrected chi connectivity index (χ4v) is 2.36. The summed E-state index contributed by atoms with van der Waals surface area (Å²) >= 11 is 0. The largest absolute Gasteiger partial charge is 0.462 e. The molecular formula is C16H17N3O5. The molecule has 0 amide bonds. The third-order valence-electron chi connectivity index (χ3n) is 3.49. The van der Waals surface area contributed by atoms with Crippen LogP contribution < -0.4 is 4.90 Å². The molecule has 0 bridgehead atoms. The van der Waals surface area contributed by atoms with Crippen molar-refractivity contribution in [3.8, 4) is 6.07 Å². The molecule has 8 nitrogen and oxygen atoms in total. The molecule has 0 aliphatic carbocycles. The highest BCUT2D eigenvalue weighted by molar-refractivity contribution is 5.98. The third-order valence-corrected chi connectivity index (χ3v) is 3.49. The van der Waals surface area contributed by atoms with Crippen molar-refractivity contribution in [3.63, 3.8) is 0 Å². The Morgan fingerprint density at radius 3 is 2.79 bits per heavy atom. The molecule has 8 heteroatoms. The number of nitriles is 1. The standard InChI is InChI=1S/C16H17N3O5/c1-2-24-16(20)13(11-17)9-12-10-14(19(21)22)3-4-15(12)18-5-7-23-8-6-18/h3-4,9-10H,2,5-8H2,1H3/b13-9-. The summed E-state index contributed by atoms with van der Waals surface area (Å²) in [5, 5.41) is 20.2. The maximum Gasteiger partial charge on any atom is 0.348 e. The van der Waals surface area contributed by atoms with Gasteiger partial charge in [0.25, 0.3) is 5.69 Å². The molecule has 1 aromatic rings. The molecule has 0 radical (unpaired) electrons. The van der Waals surface area contributed by atoms with Crippen molar-refractivity contribution >= 4 is 23.4 Å². The van der Waals surface area contributed by atoms with E-state index in [1.807, 2.05) is 4.90 Å². The van der Waals surface area contributed by atoms with Crippen molar-refractivity contribution in [1.29, 1.82) is 5.26 Å². The van der Waals surface area contributed by atoms with Gasteiger partial charge in [-0.2, -0.15) is 5.26 Å². The first-order chi connectivity index (χ1) is 11.6. The van der Waals surface area contributed by atoms with Gasteiger partial charge in [-0.25, -0.2) is 4.79 Å². The molecule has 1 fully saturated rings. The zero-order chi connectivity index (χ0) is 17.5. The molecule has 126 valence electrons. The van der Waals surface area contributed by atoms with Crippen LogP contribution in [-0.4, -0.2) is 43.8 Å². The van der Waals surface area contributed by atoms with Gasteiger partial charge in [0, 0.05) is 36.5 Å². The van der Waals surface area contributed by atoms with Crippen molar-refractivity contribution in [2.45, 2.75) is 6.92 Å². The average Bonchev–Trinajstić information content (AvgIpc) is 2.60. The van der Waals surface area contributed by atoms with Crippen LogP contribution in [0, 0.1) is 21.4 Å². The van der Waals surface area contributed by atoms with Crippen LogP contribution in [0.2, 0.25) is 0 Å². The lowest BCUT2D eigenvalue weighted by molar-refractivity contribution is -0.384. The Balaban J connectivity index is 2.47. The van der Waals surface area contributed by atoms with E-state index < -0.39 is 10.9 Å². The lowest BCUT2D eigenvalue weighted by Gasteiger charge is -2.30. The van der Waals surface area contributed by atoms with E-state index in [0.29, 0.717) is 37.6 Å². The van der Waals surface area contributed by atoms with E-state index in [9.17, 15) is 20.2 Å². The van der Waals surface area contributed by atoms with E-state index >= 15 is 0 Å². The zero-order valence-corrected chi connectivity index (χ0v) is 13.2. The van der Waals surface area contributed by atoms with Crippen molar-refractivity contribution in [2.75, 3.05) is 37.8 Å². The van der Waals surface area contributed by atoms with Gasteiger partial charge in [0.1, 0.15) is 11.6 Å². The van der Waals surface area contributed by atoms with E-state index in [0.717, 1.165) is 0 Å². The number of non-ortho nitro benzene ring substituents is 1. The molecule has 1 saturated heterocycles. The predicted octanol–water partition coefficient (Wildman–Crippen LogP) is 1.90. The number of benzene rings is 1. The van der Waals surface area contributed by atoms with Crippen molar-refractivity contribution in [2.24, 2.45) is 0 Å². The summed E-state index contributed by atoms with van der Waals surface area (Å²) < 4.78 is 10.1. The molecule has 1 aliphatic rings. The second-order valence-corrected chi connectivity index (χ2v) is 4.99. The Kier molecular flexibility index (Phi) is 5.87. The van der Waals surface area contributed by atoms with Crippen LogP contribution in [0.15, 0.2) is 23.8 Å². The highest BCUT2D eigenvalue weighted by Gasteiger charge is 2.19. The number of hydrogen-bond acceptors (Lipinski definition) is 7. The summed E-state index contributed by atoms with van der Waals surface area (Å²) in [6, 6.07) is 6.16. The molecule has 0 saturated carbocycles. The number of nitrogens with zero attached hydrogens (tertiary/aromatic N) is 3. The highest BCUT2D eigenvalue weighted by Crippen LogP contribution is 2.28. The monoisotopic (exact) mass is 331 g/mol. The predicted molar refractivity (Wildman–Crippen MR) is 86.4 cm³/mol. The Hall–Kier alpha value is -2.92. The van der Waals surface area contributed by atoms with Gasteiger partial charge < -0.3 is 14.4 Å². The van der Waals surface area contributed by atoms with Crippen LogP contribution in [0.3, 0.4) is 0 Å². The number of carbonyl (C=O) groups excluding carboxylic acids is 1. The summed E-state index contributed by atoms with van der Waals surface area (Å²) in [6.07, 6.45) is 1.33. The van der Waals surface area contributed by atoms with E-state index in [2.05, 4.69) is 0 Å². The van der Waals surface area contributed by atoms with Gasteiger partial charge >= 0.3 is 5.97 Å².